The van der Waals surface area contributed by atoms with Gasteiger partial charge in [0.2, 0.25) is 0 Å². The SMILES string of the molecule is CCc1cc(C2CC2)ncn1. The van der Waals surface area contributed by atoms with Crippen molar-refractivity contribution in [3.8, 4) is 0 Å². The van der Waals surface area contributed by atoms with Crippen LogP contribution in [0.1, 0.15) is 37.1 Å². The summed E-state index contributed by atoms with van der Waals surface area (Å²) >= 11 is 0. The molecule has 0 saturated heterocycles. The highest BCUT2D eigenvalue weighted by molar-refractivity contribution is 5.16. The van der Waals surface area contributed by atoms with E-state index in [-0.39, 0.29) is 0 Å². The van der Waals surface area contributed by atoms with E-state index in [1.807, 2.05) is 0 Å². The van der Waals surface area contributed by atoms with E-state index in [0.29, 0.717) is 0 Å². The van der Waals surface area contributed by atoms with Crippen molar-refractivity contribution in [3.05, 3.63) is 23.8 Å². The van der Waals surface area contributed by atoms with E-state index < -0.39 is 0 Å². The van der Waals surface area contributed by atoms with E-state index in [1.165, 1.54) is 24.2 Å². The molecule has 0 bridgehead atoms. The van der Waals surface area contributed by atoms with Gasteiger partial charge in [-0.2, -0.15) is 0 Å². The molecule has 0 aliphatic heterocycles. The van der Waals surface area contributed by atoms with Crippen LogP contribution in [0.25, 0.3) is 0 Å². The minimum atomic E-state index is 0.753. The summed E-state index contributed by atoms with van der Waals surface area (Å²) in [6.07, 6.45) is 5.34. The van der Waals surface area contributed by atoms with Gasteiger partial charge in [0.05, 0.1) is 0 Å². The van der Waals surface area contributed by atoms with Crippen molar-refractivity contribution < 1.29 is 0 Å². The monoisotopic (exact) mass is 148 g/mol. The zero-order chi connectivity index (χ0) is 7.68. The Labute approximate surface area is 66.7 Å². The lowest BCUT2D eigenvalue weighted by molar-refractivity contribution is 0.929. The number of hydrogen-bond acceptors (Lipinski definition) is 2. The summed E-state index contributed by atoms with van der Waals surface area (Å²) in [4.78, 5) is 8.40. The predicted molar refractivity (Wildman–Crippen MR) is 43.4 cm³/mol. The summed E-state index contributed by atoms with van der Waals surface area (Å²) in [6, 6.07) is 2.14. The average Bonchev–Trinajstić information content (AvgIpc) is 2.87. The Kier molecular flexibility index (Phi) is 1.60. The molecule has 11 heavy (non-hydrogen) atoms. The molecule has 0 amide bonds. The zero-order valence-electron chi connectivity index (χ0n) is 6.75. The molecule has 58 valence electrons. The van der Waals surface area contributed by atoms with Gasteiger partial charge in [-0.05, 0) is 25.3 Å². The quantitative estimate of drug-likeness (QED) is 0.640. The Morgan fingerprint density at radius 2 is 2.27 bits per heavy atom. The average molecular weight is 148 g/mol. The topological polar surface area (TPSA) is 25.8 Å². The number of hydrogen-bond donors (Lipinski definition) is 0. The minimum absolute atomic E-state index is 0.753. The Balaban J connectivity index is 2.26. The molecule has 2 rings (SSSR count). The van der Waals surface area contributed by atoms with Crippen LogP contribution in [0.5, 0.6) is 0 Å². The van der Waals surface area contributed by atoms with E-state index in [9.17, 15) is 0 Å². The Morgan fingerprint density at radius 3 is 2.91 bits per heavy atom. The molecule has 1 aliphatic rings. The highest BCUT2D eigenvalue weighted by Crippen LogP contribution is 2.38. The molecule has 1 aromatic rings. The van der Waals surface area contributed by atoms with E-state index >= 15 is 0 Å². The molecular weight excluding hydrogens is 136 g/mol. The van der Waals surface area contributed by atoms with Crippen LogP contribution in [0, 0.1) is 0 Å². The molecule has 1 fully saturated rings. The molecular formula is C9H12N2. The summed E-state index contributed by atoms with van der Waals surface area (Å²) in [5.41, 5.74) is 2.42. The third kappa shape index (κ3) is 1.39. The summed E-state index contributed by atoms with van der Waals surface area (Å²) < 4.78 is 0. The van der Waals surface area contributed by atoms with Crippen molar-refractivity contribution in [2.75, 3.05) is 0 Å². The Hall–Kier alpha value is -0.920. The lowest BCUT2D eigenvalue weighted by atomic mass is 10.2. The zero-order valence-corrected chi connectivity index (χ0v) is 6.75. The van der Waals surface area contributed by atoms with Crippen LogP contribution in [0.4, 0.5) is 0 Å². The first-order valence-corrected chi connectivity index (χ1v) is 4.21. The third-order valence-electron chi connectivity index (χ3n) is 2.10. The standard InChI is InChI=1S/C9H12N2/c1-2-8-5-9(7-3-4-7)11-6-10-8/h5-7H,2-4H2,1H3. The Morgan fingerprint density at radius 1 is 1.45 bits per heavy atom. The first kappa shape index (κ1) is 6.77. The van der Waals surface area contributed by atoms with Crippen LogP contribution in [-0.2, 0) is 6.42 Å². The molecule has 1 saturated carbocycles. The molecule has 0 unspecified atom stereocenters. The van der Waals surface area contributed by atoms with Gasteiger partial charge in [0, 0.05) is 17.3 Å². The molecule has 1 heterocycles. The number of rotatable bonds is 2. The van der Waals surface area contributed by atoms with Gasteiger partial charge in [-0.25, -0.2) is 9.97 Å². The van der Waals surface area contributed by atoms with Gasteiger partial charge in [-0.1, -0.05) is 6.92 Å². The van der Waals surface area contributed by atoms with Gasteiger partial charge in [-0.3, -0.25) is 0 Å². The van der Waals surface area contributed by atoms with Gasteiger partial charge < -0.3 is 0 Å². The summed E-state index contributed by atoms with van der Waals surface area (Å²) in [5.74, 6) is 0.753. The van der Waals surface area contributed by atoms with E-state index in [2.05, 4.69) is 23.0 Å². The van der Waals surface area contributed by atoms with Crippen molar-refractivity contribution in [2.45, 2.75) is 32.1 Å². The smallest absolute Gasteiger partial charge is 0.115 e. The van der Waals surface area contributed by atoms with E-state index in [0.717, 1.165) is 12.3 Å². The van der Waals surface area contributed by atoms with Crippen LogP contribution in [0.2, 0.25) is 0 Å². The number of aromatic nitrogens is 2. The van der Waals surface area contributed by atoms with Crippen LogP contribution >= 0.6 is 0 Å². The minimum Gasteiger partial charge on any atom is -0.241 e. The van der Waals surface area contributed by atoms with Crippen molar-refractivity contribution in [3.63, 3.8) is 0 Å². The Bertz CT molecular complexity index is 253. The molecule has 2 nitrogen and oxygen atoms in total. The van der Waals surface area contributed by atoms with Gasteiger partial charge in [0.1, 0.15) is 6.33 Å². The van der Waals surface area contributed by atoms with Crippen molar-refractivity contribution in [2.24, 2.45) is 0 Å². The highest BCUT2D eigenvalue weighted by atomic mass is 14.8. The van der Waals surface area contributed by atoms with Crippen LogP contribution < -0.4 is 0 Å². The van der Waals surface area contributed by atoms with Crippen molar-refractivity contribution in [1.82, 2.24) is 9.97 Å². The largest absolute Gasteiger partial charge is 0.241 e. The van der Waals surface area contributed by atoms with Gasteiger partial charge in [0.25, 0.3) is 0 Å². The number of nitrogens with zero attached hydrogens (tertiary/aromatic N) is 2. The van der Waals surface area contributed by atoms with Gasteiger partial charge in [-0.15, -0.1) is 0 Å². The second-order valence-corrected chi connectivity index (χ2v) is 3.06. The molecule has 0 spiro atoms. The predicted octanol–water partition coefficient (Wildman–Crippen LogP) is 1.92. The highest BCUT2D eigenvalue weighted by Gasteiger charge is 2.24. The maximum atomic E-state index is 4.24. The molecule has 0 radical (unpaired) electrons. The summed E-state index contributed by atoms with van der Waals surface area (Å²) in [7, 11) is 0. The van der Waals surface area contributed by atoms with Crippen LogP contribution in [-0.4, -0.2) is 9.97 Å². The molecule has 0 atom stereocenters. The van der Waals surface area contributed by atoms with Gasteiger partial charge >= 0.3 is 0 Å². The lowest BCUT2D eigenvalue weighted by Crippen LogP contribution is -1.92. The second-order valence-electron chi connectivity index (χ2n) is 3.06. The van der Waals surface area contributed by atoms with Crippen LogP contribution in [0.15, 0.2) is 12.4 Å². The van der Waals surface area contributed by atoms with Crippen molar-refractivity contribution in [1.29, 1.82) is 0 Å². The maximum absolute atomic E-state index is 4.24. The second kappa shape index (κ2) is 2.61. The molecule has 2 heteroatoms. The van der Waals surface area contributed by atoms with E-state index in [1.54, 1.807) is 6.33 Å². The van der Waals surface area contributed by atoms with Crippen molar-refractivity contribution >= 4 is 0 Å². The fraction of sp³-hybridized carbons (Fsp3) is 0.556. The first-order valence-electron chi connectivity index (χ1n) is 4.21. The fourth-order valence-electron chi connectivity index (χ4n) is 1.21. The maximum Gasteiger partial charge on any atom is 0.115 e. The fourth-order valence-corrected chi connectivity index (χ4v) is 1.21. The number of aryl methyl sites for hydroxylation is 1. The third-order valence-corrected chi connectivity index (χ3v) is 2.10. The van der Waals surface area contributed by atoms with Crippen LogP contribution in [0.3, 0.4) is 0 Å². The molecule has 0 N–H and O–H groups in total. The summed E-state index contributed by atoms with van der Waals surface area (Å²) in [5, 5.41) is 0. The van der Waals surface area contributed by atoms with Gasteiger partial charge in [0.15, 0.2) is 0 Å². The molecule has 1 aromatic heterocycles. The molecule has 1 aliphatic carbocycles. The normalized spacial score (nSPS) is 16.8. The summed E-state index contributed by atoms with van der Waals surface area (Å²) in [6.45, 7) is 2.12. The lowest BCUT2D eigenvalue weighted by Gasteiger charge is -1.98. The first-order chi connectivity index (χ1) is 5.40. The molecule has 0 aromatic carbocycles. The van der Waals surface area contributed by atoms with E-state index in [4.69, 9.17) is 0 Å².